The molecule has 134 valence electrons. The van der Waals surface area contributed by atoms with Gasteiger partial charge in [0.15, 0.2) is 0 Å². The van der Waals surface area contributed by atoms with Crippen LogP contribution in [0.15, 0.2) is 18.2 Å². The van der Waals surface area contributed by atoms with Gasteiger partial charge in [0.25, 0.3) is 5.91 Å². The van der Waals surface area contributed by atoms with Crippen molar-refractivity contribution in [3.8, 4) is 0 Å². The van der Waals surface area contributed by atoms with Crippen LogP contribution in [-0.2, 0) is 4.74 Å². The molecule has 6 heteroatoms. The van der Waals surface area contributed by atoms with Gasteiger partial charge in [-0.05, 0) is 38.5 Å². The number of hydrogen-bond donors (Lipinski definition) is 1. The molecule has 1 aliphatic rings. The van der Waals surface area contributed by atoms with Gasteiger partial charge in [0.05, 0.1) is 18.8 Å². The van der Waals surface area contributed by atoms with E-state index in [2.05, 4.69) is 4.90 Å². The van der Waals surface area contributed by atoms with Crippen molar-refractivity contribution in [1.29, 1.82) is 0 Å². The SMILES string of the molecule is Cc1ccc(C(=O)N2CCN(CC(O)COC(C)C)CC2)cc1F. The minimum atomic E-state index is -0.527. The van der Waals surface area contributed by atoms with Gasteiger partial charge in [0.2, 0.25) is 0 Å². The summed E-state index contributed by atoms with van der Waals surface area (Å²) in [6, 6.07) is 4.60. The van der Waals surface area contributed by atoms with E-state index >= 15 is 0 Å². The first kappa shape index (κ1) is 18.8. The number of ether oxygens (including phenoxy) is 1. The molecule has 0 radical (unpaired) electrons. The van der Waals surface area contributed by atoms with Crippen LogP contribution in [0.5, 0.6) is 0 Å². The van der Waals surface area contributed by atoms with Crippen molar-refractivity contribution in [3.05, 3.63) is 35.1 Å². The molecular formula is C18H27FN2O3. The summed E-state index contributed by atoms with van der Waals surface area (Å²) < 4.78 is 19.0. The van der Waals surface area contributed by atoms with Crippen LogP contribution in [0.25, 0.3) is 0 Å². The minimum Gasteiger partial charge on any atom is -0.389 e. The minimum absolute atomic E-state index is 0.101. The number of carbonyl (C=O) groups excluding carboxylic acids is 1. The molecule has 2 rings (SSSR count). The third kappa shape index (κ3) is 5.26. The van der Waals surface area contributed by atoms with Crippen LogP contribution in [0.1, 0.15) is 29.8 Å². The molecule has 1 N–H and O–H groups in total. The van der Waals surface area contributed by atoms with E-state index in [1.54, 1.807) is 24.0 Å². The number of aryl methyl sites for hydroxylation is 1. The molecule has 24 heavy (non-hydrogen) atoms. The highest BCUT2D eigenvalue weighted by molar-refractivity contribution is 5.94. The molecule has 0 aliphatic carbocycles. The predicted molar refractivity (Wildman–Crippen MR) is 90.6 cm³/mol. The number of rotatable bonds is 6. The molecule has 1 fully saturated rings. The highest BCUT2D eigenvalue weighted by Gasteiger charge is 2.23. The molecule has 1 atom stereocenters. The smallest absolute Gasteiger partial charge is 0.254 e. The summed E-state index contributed by atoms with van der Waals surface area (Å²) >= 11 is 0. The Balaban J connectivity index is 1.81. The highest BCUT2D eigenvalue weighted by Crippen LogP contribution is 2.13. The van der Waals surface area contributed by atoms with Crippen molar-refractivity contribution in [1.82, 2.24) is 9.80 Å². The first-order valence-electron chi connectivity index (χ1n) is 8.44. The zero-order chi connectivity index (χ0) is 17.7. The normalized spacial score (nSPS) is 17.3. The molecule has 1 heterocycles. The molecule has 0 saturated carbocycles. The van der Waals surface area contributed by atoms with E-state index in [4.69, 9.17) is 4.74 Å². The Morgan fingerprint density at radius 3 is 2.54 bits per heavy atom. The fourth-order valence-electron chi connectivity index (χ4n) is 2.70. The van der Waals surface area contributed by atoms with E-state index in [-0.39, 0.29) is 17.8 Å². The first-order valence-corrected chi connectivity index (χ1v) is 8.44. The average Bonchev–Trinajstić information content (AvgIpc) is 2.55. The van der Waals surface area contributed by atoms with Gasteiger partial charge in [0, 0.05) is 38.3 Å². The van der Waals surface area contributed by atoms with Gasteiger partial charge in [-0.2, -0.15) is 0 Å². The molecular weight excluding hydrogens is 311 g/mol. The molecule has 1 amide bonds. The maximum Gasteiger partial charge on any atom is 0.254 e. The van der Waals surface area contributed by atoms with Crippen LogP contribution >= 0.6 is 0 Å². The second kappa shape index (κ2) is 8.55. The van der Waals surface area contributed by atoms with E-state index < -0.39 is 6.10 Å². The summed E-state index contributed by atoms with van der Waals surface area (Å²) in [4.78, 5) is 16.3. The van der Waals surface area contributed by atoms with Crippen molar-refractivity contribution < 1.29 is 19.0 Å². The molecule has 5 nitrogen and oxygen atoms in total. The Bertz CT molecular complexity index is 557. The Morgan fingerprint density at radius 1 is 1.29 bits per heavy atom. The summed E-state index contributed by atoms with van der Waals surface area (Å²) in [6.07, 6.45) is -0.426. The fourth-order valence-corrected chi connectivity index (χ4v) is 2.70. The van der Waals surface area contributed by atoms with Gasteiger partial charge in [-0.25, -0.2) is 4.39 Å². The Labute approximate surface area is 143 Å². The maximum absolute atomic E-state index is 13.6. The van der Waals surface area contributed by atoms with Gasteiger partial charge in [-0.15, -0.1) is 0 Å². The largest absolute Gasteiger partial charge is 0.389 e. The first-order chi connectivity index (χ1) is 11.4. The molecule has 1 aromatic rings. The fraction of sp³-hybridized carbons (Fsp3) is 0.611. The number of amides is 1. The Kier molecular flexibility index (Phi) is 6.71. The number of halogens is 1. The van der Waals surface area contributed by atoms with Crippen molar-refractivity contribution in [2.24, 2.45) is 0 Å². The van der Waals surface area contributed by atoms with E-state index in [1.807, 2.05) is 13.8 Å². The zero-order valence-corrected chi connectivity index (χ0v) is 14.7. The van der Waals surface area contributed by atoms with Crippen molar-refractivity contribution in [2.75, 3.05) is 39.3 Å². The standard InChI is InChI=1S/C18H27FN2O3/c1-13(2)24-12-16(22)11-20-6-8-21(9-7-20)18(23)15-5-4-14(3)17(19)10-15/h4-5,10,13,16,22H,6-9,11-12H2,1-3H3. The number of aliphatic hydroxyl groups is 1. The molecule has 0 spiro atoms. The van der Waals surface area contributed by atoms with Crippen LogP contribution in [0.4, 0.5) is 4.39 Å². The van der Waals surface area contributed by atoms with Gasteiger partial charge >= 0.3 is 0 Å². The molecule has 1 saturated heterocycles. The van der Waals surface area contributed by atoms with Gasteiger partial charge in [-0.1, -0.05) is 6.07 Å². The van der Waals surface area contributed by atoms with E-state index in [1.165, 1.54) is 6.07 Å². The van der Waals surface area contributed by atoms with E-state index in [0.29, 0.717) is 50.5 Å². The van der Waals surface area contributed by atoms with Crippen molar-refractivity contribution >= 4 is 5.91 Å². The molecule has 1 aromatic carbocycles. The monoisotopic (exact) mass is 338 g/mol. The van der Waals surface area contributed by atoms with Gasteiger partial charge in [0.1, 0.15) is 5.82 Å². The maximum atomic E-state index is 13.6. The van der Waals surface area contributed by atoms with Crippen LogP contribution in [0, 0.1) is 12.7 Å². The lowest BCUT2D eigenvalue weighted by Crippen LogP contribution is -2.50. The Morgan fingerprint density at radius 2 is 1.96 bits per heavy atom. The number of piperazine rings is 1. The summed E-state index contributed by atoms with van der Waals surface area (Å²) in [5.41, 5.74) is 0.922. The van der Waals surface area contributed by atoms with Crippen LogP contribution in [0.3, 0.4) is 0 Å². The van der Waals surface area contributed by atoms with Crippen molar-refractivity contribution in [3.63, 3.8) is 0 Å². The number of nitrogens with zero attached hydrogens (tertiary/aromatic N) is 2. The van der Waals surface area contributed by atoms with Crippen LogP contribution in [0.2, 0.25) is 0 Å². The molecule has 0 bridgehead atoms. The summed E-state index contributed by atoms with van der Waals surface area (Å²) in [6.45, 7) is 8.94. The lowest BCUT2D eigenvalue weighted by molar-refractivity contribution is -0.0137. The number of β-amino-alcohol motifs (C(OH)–C–C–N with tert-alkyl or cyclic N) is 1. The number of aliphatic hydroxyl groups excluding tert-OH is 1. The van der Waals surface area contributed by atoms with Crippen molar-refractivity contribution in [2.45, 2.75) is 33.0 Å². The van der Waals surface area contributed by atoms with Gasteiger partial charge in [-0.3, -0.25) is 9.69 Å². The predicted octanol–water partition coefficient (Wildman–Crippen LogP) is 1.68. The summed E-state index contributed by atoms with van der Waals surface area (Å²) in [5, 5.41) is 9.97. The van der Waals surface area contributed by atoms with Crippen LogP contribution < -0.4 is 0 Å². The number of hydrogen-bond acceptors (Lipinski definition) is 4. The lowest BCUT2D eigenvalue weighted by atomic mass is 10.1. The van der Waals surface area contributed by atoms with E-state index in [0.717, 1.165) is 0 Å². The van der Waals surface area contributed by atoms with Crippen LogP contribution in [-0.4, -0.2) is 72.4 Å². The summed E-state index contributed by atoms with van der Waals surface area (Å²) in [5.74, 6) is -0.495. The van der Waals surface area contributed by atoms with E-state index in [9.17, 15) is 14.3 Å². The number of carbonyl (C=O) groups is 1. The average molecular weight is 338 g/mol. The quantitative estimate of drug-likeness (QED) is 0.857. The topological polar surface area (TPSA) is 53.0 Å². The highest BCUT2D eigenvalue weighted by atomic mass is 19.1. The lowest BCUT2D eigenvalue weighted by Gasteiger charge is -2.35. The zero-order valence-electron chi connectivity index (χ0n) is 14.7. The second-order valence-corrected chi connectivity index (χ2v) is 6.59. The third-order valence-electron chi connectivity index (χ3n) is 4.17. The molecule has 1 unspecified atom stereocenters. The number of benzene rings is 1. The molecule has 0 aromatic heterocycles. The van der Waals surface area contributed by atoms with Gasteiger partial charge < -0.3 is 14.7 Å². The summed E-state index contributed by atoms with van der Waals surface area (Å²) in [7, 11) is 0. The molecule has 1 aliphatic heterocycles. The third-order valence-corrected chi connectivity index (χ3v) is 4.17. The second-order valence-electron chi connectivity index (χ2n) is 6.59. The Hall–Kier alpha value is -1.50.